The van der Waals surface area contributed by atoms with Crippen molar-refractivity contribution in [2.24, 2.45) is 0 Å². The van der Waals surface area contributed by atoms with Gasteiger partial charge in [0.15, 0.2) is 0 Å². The maximum absolute atomic E-state index is 2.81. The van der Waals surface area contributed by atoms with Gasteiger partial charge in [-0.3, -0.25) is 0 Å². The molecule has 0 saturated heterocycles. The van der Waals surface area contributed by atoms with Gasteiger partial charge in [-0.1, -0.05) is 37.3 Å². The first-order valence-electron chi connectivity index (χ1n) is 4.75. The Morgan fingerprint density at radius 1 is 1.21 bits per heavy atom. The molecule has 0 aliphatic rings. The Hall–Kier alpha value is -0.650. The van der Waals surface area contributed by atoms with Crippen LogP contribution in [0.3, 0.4) is 0 Å². The lowest BCUT2D eigenvalue weighted by Crippen LogP contribution is -1.90. The summed E-state index contributed by atoms with van der Waals surface area (Å²) in [5.74, 6) is 0. The maximum Gasteiger partial charge on any atom is 0.0352 e. The fraction of sp³-hybridized carbons (Fsp3) is 0.167. The van der Waals surface area contributed by atoms with Crippen LogP contribution in [0.25, 0.3) is 10.4 Å². The van der Waals surface area contributed by atoms with Gasteiger partial charge in [-0.25, -0.2) is 0 Å². The van der Waals surface area contributed by atoms with Crippen molar-refractivity contribution in [3.05, 3.63) is 41.3 Å². The van der Waals surface area contributed by atoms with Crippen molar-refractivity contribution in [2.75, 3.05) is 0 Å². The summed E-state index contributed by atoms with van der Waals surface area (Å²) in [4.78, 5) is 2.83. The second-order valence-corrected chi connectivity index (χ2v) is 4.97. The molecule has 0 nitrogen and oxygen atoms in total. The van der Waals surface area contributed by atoms with E-state index < -0.39 is 0 Å². The van der Waals surface area contributed by atoms with Crippen LogP contribution in [0.1, 0.15) is 11.8 Å². The number of benzene rings is 1. The number of hydrogen-bond donors (Lipinski definition) is 0. The molecule has 0 aliphatic carbocycles. The Balaban J connectivity index is 2.43. The van der Waals surface area contributed by atoms with Gasteiger partial charge in [0.05, 0.1) is 0 Å². The third kappa shape index (κ3) is 1.89. The Kier molecular flexibility index (Phi) is 3.00. The minimum absolute atomic E-state index is 1.12. The monoisotopic (exact) mass is 220 g/mol. The van der Waals surface area contributed by atoms with Gasteiger partial charge in [-0.15, -0.1) is 20.6 Å². The number of hydrogen-bond acceptors (Lipinski definition) is 1. The van der Waals surface area contributed by atoms with E-state index in [1.54, 1.807) is 0 Å². The van der Waals surface area contributed by atoms with Crippen LogP contribution in [0, 0.1) is 0 Å². The standard InChI is InChI=1S/C12H13PS/c1-2-11-10(13)8-12(14-11)9-6-4-3-5-7-9/h3-8H,2,13H2,1H3. The van der Waals surface area contributed by atoms with E-state index >= 15 is 0 Å². The molecule has 14 heavy (non-hydrogen) atoms. The first-order chi connectivity index (χ1) is 6.81. The number of rotatable bonds is 2. The third-order valence-electron chi connectivity index (χ3n) is 2.22. The second-order valence-electron chi connectivity index (χ2n) is 3.21. The Morgan fingerprint density at radius 3 is 2.50 bits per heavy atom. The molecule has 0 amide bonds. The Bertz CT molecular complexity index is 417. The second kappa shape index (κ2) is 4.25. The minimum atomic E-state index is 1.12. The predicted octanol–water partition coefficient (Wildman–Crippen LogP) is 3.48. The molecule has 2 rings (SSSR count). The van der Waals surface area contributed by atoms with Crippen LogP contribution in [0.15, 0.2) is 36.4 Å². The molecule has 0 saturated carbocycles. The highest BCUT2D eigenvalue weighted by molar-refractivity contribution is 7.30. The number of thiophene rings is 1. The summed E-state index contributed by atoms with van der Waals surface area (Å²) in [5, 5.41) is 1.34. The zero-order valence-electron chi connectivity index (χ0n) is 8.16. The summed E-state index contributed by atoms with van der Waals surface area (Å²) in [5.41, 5.74) is 1.32. The lowest BCUT2D eigenvalue weighted by Gasteiger charge is -1.94. The van der Waals surface area contributed by atoms with E-state index in [1.165, 1.54) is 20.6 Å². The zero-order chi connectivity index (χ0) is 9.97. The van der Waals surface area contributed by atoms with Crippen LogP contribution >= 0.6 is 20.6 Å². The fourth-order valence-electron chi connectivity index (χ4n) is 1.46. The first-order valence-corrected chi connectivity index (χ1v) is 6.14. The van der Waals surface area contributed by atoms with Gasteiger partial charge in [-0.05, 0) is 23.4 Å². The van der Waals surface area contributed by atoms with Gasteiger partial charge < -0.3 is 0 Å². The topological polar surface area (TPSA) is 0 Å². The molecule has 0 fully saturated rings. The average Bonchev–Trinajstić information content (AvgIpc) is 2.61. The van der Waals surface area contributed by atoms with Gasteiger partial charge >= 0.3 is 0 Å². The van der Waals surface area contributed by atoms with Crippen molar-refractivity contribution in [2.45, 2.75) is 13.3 Å². The van der Waals surface area contributed by atoms with Crippen molar-refractivity contribution in [1.29, 1.82) is 0 Å². The van der Waals surface area contributed by atoms with Gasteiger partial charge in [0.2, 0.25) is 0 Å². The van der Waals surface area contributed by atoms with Gasteiger partial charge in [0, 0.05) is 9.75 Å². The Morgan fingerprint density at radius 2 is 1.93 bits per heavy atom. The first kappa shape index (κ1) is 9.89. The van der Waals surface area contributed by atoms with Crippen molar-refractivity contribution < 1.29 is 0 Å². The Labute approximate surface area is 91.2 Å². The summed E-state index contributed by atoms with van der Waals surface area (Å²) >= 11 is 1.89. The van der Waals surface area contributed by atoms with Gasteiger partial charge in [0.1, 0.15) is 0 Å². The van der Waals surface area contributed by atoms with Gasteiger partial charge in [0.25, 0.3) is 0 Å². The van der Waals surface area contributed by atoms with Crippen LogP contribution in [0.4, 0.5) is 0 Å². The molecule has 2 aromatic rings. The van der Waals surface area contributed by atoms with Crippen LogP contribution in [0.5, 0.6) is 0 Å². The lowest BCUT2D eigenvalue weighted by atomic mass is 10.2. The van der Waals surface area contributed by atoms with Crippen LogP contribution in [0.2, 0.25) is 0 Å². The van der Waals surface area contributed by atoms with Crippen LogP contribution < -0.4 is 5.30 Å². The fourth-order valence-corrected chi connectivity index (χ4v) is 3.16. The predicted molar refractivity (Wildman–Crippen MR) is 68.5 cm³/mol. The largest absolute Gasteiger partial charge is 0.140 e. The molecular formula is C12H13PS. The summed E-state index contributed by atoms with van der Waals surface area (Å²) < 4.78 is 0. The van der Waals surface area contributed by atoms with E-state index in [0.717, 1.165) is 6.42 Å². The van der Waals surface area contributed by atoms with Crippen molar-refractivity contribution in [3.63, 3.8) is 0 Å². The lowest BCUT2D eigenvalue weighted by molar-refractivity contribution is 1.20. The molecule has 1 aromatic carbocycles. The molecule has 1 heterocycles. The highest BCUT2D eigenvalue weighted by Gasteiger charge is 2.04. The maximum atomic E-state index is 2.81. The SMILES string of the molecule is CCc1sc(-c2ccccc2)cc1P. The molecule has 0 N–H and O–H groups in total. The van der Waals surface area contributed by atoms with Crippen molar-refractivity contribution in [3.8, 4) is 10.4 Å². The summed E-state index contributed by atoms with van der Waals surface area (Å²) in [7, 11) is 2.81. The molecule has 72 valence electrons. The quantitative estimate of drug-likeness (QED) is 0.680. The van der Waals surface area contributed by atoms with E-state index in [9.17, 15) is 0 Å². The normalized spacial score (nSPS) is 10.4. The summed E-state index contributed by atoms with van der Waals surface area (Å²) in [6, 6.07) is 12.8. The molecule has 1 aromatic heterocycles. The van der Waals surface area contributed by atoms with Crippen molar-refractivity contribution >= 4 is 25.9 Å². The third-order valence-corrected chi connectivity index (χ3v) is 4.29. The zero-order valence-corrected chi connectivity index (χ0v) is 10.1. The average molecular weight is 220 g/mol. The van der Waals surface area contributed by atoms with E-state index in [0.29, 0.717) is 0 Å². The van der Waals surface area contributed by atoms with Crippen molar-refractivity contribution in [1.82, 2.24) is 0 Å². The minimum Gasteiger partial charge on any atom is -0.140 e. The highest BCUT2D eigenvalue weighted by atomic mass is 32.1. The van der Waals surface area contributed by atoms with Crippen LogP contribution in [-0.4, -0.2) is 0 Å². The van der Waals surface area contributed by atoms with E-state index in [-0.39, 0.29) is 0 Å². The van der Waals surface area contributed by atoms with E-state index in [4.69, 9.17) is 0 Å². The number of aryl methyl sites for hydroxylation is 1. The molecule has 1 unspecified atom stereocenters. The molecule has 0 radical (unpaired) electrons. The summed E-state index contributed by atoms with van der Waals surface area (Å²) in [6.07, 6.45) is 1.12. The molecular weight excluding hydrogens is 207 g/mol. The molecule has 0 spiro atoms. The van der Waals surface area contributed by atoms with Gasteiger partial charge in [-0.2, -0.15) is 0 Å². The molecule has 0 aliphatic heterocycles. The van der Waals surface area contributed by atoms with Crippen LogP contribution in [-0.2, 0) is 6.42 Å². The molecule has 1 atom stereocenters. The summed E-state index contributed by atoms with van der Waals surface area (Å²) in [6.45, 7) is 2.20. The molecule has 0 bridgehead atoms. The van der Waals surface area contributed by atoms with E-state index in [1.807, 2.05) is 11.3 Å². The molecule has 2 heteroatoms. The smallest absolute Gasteiger partial charge is 0.0352 e. The van der Waals surface area contributed by atoms with E-state index in [2.05, 4.69) is 52.6 Å². The highest BCUT2D eigenvalue weighted by Crippen LogP contribution is 2.27.